The first-order chi connectivity index (χ1) is 11.0. The van der Waals surface area contributed by atoms with E-state index in [1.54, 1.807) is 10.4 Å². The van der Waals surface area contributed by atoms with Crippen molar-refractivity contribution in [1.29, 1.82) is 0 Å². The van der Waals surface area contributed by atoms with Gasteiger partial charge < -0.3 is 0 Å². The van der Waals surface area contributed by atoms with E-state index in [9.17, 15) is 0 Å². The van der Waals surface area contributed by atoms with Gasteiger partial charge in [-0.3, -0.25) is 4.98 Å². The first-order valence-corrected chi connectivity index (χ1v) is 9.36. The lowest BCUT2D eigenvalue weighted by molar-refractivity contribution is 0.589. The van der Waals surface area contributed by atoms with Gasteiger partial charge in [-0.2, -0.15) is 0 Å². The molecule has 2 heterocycles. The molecular weight excluding hydrogens is 298 g/mol. The molecule has 0 saturated carbocycles. The summed E-state index contributed by atoms with van der Waals surface area (Å²) in [7, 11) is 0. The highest BCUT2D eigenvalue weighted by atomic mass is 32.1. The summed E-state index contributed by atoms with van der Waals surface area (Å²) in [6, 6.07) is 11.1. The van der Waals surface area contributed by atoms with E-state index in [-0.39, 0.29) is 5.41 Å². The van der Waals surface area contributed by atoms with Crippen molar-refractivity contribution in [2.24, 2.45) is 0 Å². The molecule has 0 radical (unpaired) electrons. The van der Waals surface area contributed by atoms with Crippen molar-refractivity contribution in [3.8, 4) is 11.3 Å². The molecule has 1 aliphatic rings. The molecule has 1 nitrogen and oxygen atoms in total. The maximum absolute atomic E-state index is 4.69. The molecule has 0 fully saturated rings. The maximum atomic E-state index is 4.69. The van der Waals surface area contributed by atoms with Crippen molar-refractivity contribution in [2.45, 2.75) is 51.9 Å². The van der Waals surface area contributed by atoms with Crippen molar-refractivity contribution in [1.82, 2.24) is 4.98 Å². The number of aromatic nitrogens is 1. The van der Waals surface area contributed by atoms with Gasteiger partial charge in [0.15, 0.2) is 0 Å². The maximum Gasteiger partial charge on any atom is 0.0719 e. The molecule has 0 amide bonds. The third-order valence-electron chi connectivity index (χ3n) is 4.88. The number of nitrogens with zero attached hydrogens (tertiary/aromatic N) is 1. The molecule has 0 atom stereocenters. The van der Waals surface area contributed by atoms with E-state index in [0.717, 1.165) is 5.69 Å². The van der Waals surface area contributed by atoms with Gasteiger partial charge in [-0.15, -0.1) is 11.3 Å². The average molecular weight is 321 g/mol. The number of benzene rings is 1. The molecule has 1 aliphatic carbocycles. The van der Waals surface area contributed by atoms with E-state index >= 15 is 0 Å². The number of hydrogen-bond donors (Lipinski definition) is 0. The third kappa shape index (κ3) is 2.59. The Labute approximate surface area is 142 Å². The summed E-state index contributed by atoms with van der Waals surface area (Å²) in [5.41, 5.74) is 5.51. The Morgan fingerprint density at radius 2 is 1.87 bits per heavy atom. The van der Waals surface area contributed by atoms with Crippen molar-refractivity contribution >= 4 is 21.4 Å². The highest BCUT2D eigenvalue weighted by molar-refractivity contribution is 7.19. The summed E-state index contributed by atoms with van der Waals surface area (Å²) in [6.45, 7) is 6.78. The first-order valence-electron chi connectivity index (χ1n) is 8.54. The Hall–Kier alpha value is -1.67. The van der Waals surface area contributed by atoms with E-state index in [1.807, 2.05) is 17.5 Å². The summed E-state index contributed by atoms with van der Waals surface area (Å²) in [6.07, 6.45) is 7.13. The Kier molecular flexibility index (Phi) is 3.53. The zero-order valence-corrected chi connectivity index (χ0v) is 15.0. The molecule has 2 heteroatoms. The second kappa shape index (κ2) is 5.45. The molecule has 4 rings (SSSR count). The number of fused-ring (bicyclic) bond motifs is 3. The van der Waals surface area contributed by atoms with E-state index in [1.165, 1.54) is 46.9 Å². The van der Waals surface area contributed by atoms with Crippen molar-refractivity contribution in [2.75, 3.05) is 0 Å². The number of thiophene rings is 1. The van der Waals surface area contributed by atoms with Crippen LogP contribution < -0.4 is 0 Å². The van der Waals surface area contributed by atoms with Gasteiger partial charge in [-0.25, -0.2) is 0 Å². The molecule has 118 valence electrons. The highest BCUT2D eigenvalue weighted by Gasteiger charge is 2.19. The lowest BCUT2D eigenvalue weighted by atomic mass is 9.87. The fourth-order valence-electron chi connectivity index (χ4n) is 3.53. The Bertz CT molecular complexity index is 867. The van der Waals surface area contributed by atoms with Crippen LogP contribution in [-0.2, 0) is 18.3 Å². The van der Waals surface area contributed by atoms with Gasteiger partial charge in [0, 0.05) is 21.3 Å². The van der Waals surface area contributed by atoms with Crippen LogP contribution in [-0.4, -0.2) is 4.98 Å². The van der Waals surface area contributed by atoms with E-state index in [0.29, 0.717) is 0 Å². The quantitative estimate of drug-likeness (QED) is 0.524. The molecule has 23 heavy (non-hydrogen) atoms. The van der Waals surface area contributed by atoms with E-state index in [4.69, 9.17) is 0 Å². The zero-order valence-electron chi connectivity index (χ0n) is 14.1. The molecule has 0 unspecified atom stereocenters. The predicted octanol–water partition coefficient (Wildman–Crippen LogP) is 6.14. The molecule has 0 aliphatic heterocycles. The lowest BCUT2D eigenvalue weighted by Gasteiger charge is -2.19. The normalized spacial score (nSPS) is 14.9. The molecule has 0 spiro atoms. The van der Waals surface area contributed by atoms with Crippen molar-refractivity contribution in [3.05, 3.63) is 52.5 Å². The molecular formula is C21H23NS. The Balaban J connectivity index is 1.91. The zero-order chi connectivity index (χ0) is 16.0. The van der Waals surface area contributed by atoms with Gasteiger partial charge in [-0.1, -0.05) is 39.0 Å². The third-order valence-corrected chi connectivity index (χ3v) is 6.23. The van der Waals surface area contributed by atoms with Crippen LogP contribution in [0, 0.1) is 0 Å². The fraction of sp³-hybridized carbons (Fsp3) is 0.381. The minimum absolute atomic E-state index is 0.153. The summed E-state index contributed by atoms with van der Waals surface area (Å²) >= 11 is 1.99. The van der Waals surface area contributed by atoms with Gasteiger partial charge in [0.05, 0.1) is 5.69 Å². The summed E-state index contributed by atoms with van der Waals surface area (Å²) in [5, 5.41) is 1.46. The van der Waals surface area contributed by atoms with Gasteiger partial charge in [0.1, 0.15) is 0 Å². The molecule has 0 bridgehead atoms. The van der Waals surface area contributed by atoms with Gasteiger partial charge in [0.25, 0.3) is 0 Å². The van der Waals surface area contributed by atoms with Gasteiger partial charge >= 0.3 is 0 Å². The van der Waals surface area contributed by atoms with Crippen LogP contribution in [0.1, 0.15) is 49.6 Å². The average Bonchev–Trinajstić information content (AvgIpc) is 2.93. The Morgan fingerprint density at radius 1 is 1.04 bits per heavy atom. The number of aryl methyl sites for hydroxylation is 2. The number of pyridine rings is 1. The Morgan fingerprint density at radius 3 is 2.70 bits per heavy atom. The van der Waals surface area contributed by atoms with Crippen LogP contribution in [0.5, 0.6) is 0 Å². The van der Waals surface area contributed by atoms with Crippen LogP contribution in [0.15, 0.2) is 36.5 Å². The summed E-state index contributed by atoms with van der Waals surface area (Å²) in [4.78, 5) is 6.29. The van der Waals surface area contributed by atoms with Crippen molar-refractivity contribution < 1.29 is 0 Å². The van der Waals surface area contributed by atoms with Crippen LogP contribution in [0.25, 0.3) is 21.3 Å². The molecule has 3 aromatic rings. The monoisotopic (exact) mass is 321 g/mol. The predicted molar refractivity (Wildman–Crippen MR) is 100 cm³/mol. The summed E-state index contributed by atoms with van der Waals surface area (Å²) < 4.78 is 1.43. The molecule has 0 N–H and O–H groups in total. The van der Waals surface area contributed by atoms with Crippen molar-refractivity contribution in [3.63, 3.8) is 0 Å². The molecule has 0 saturated heterocycles. The highest BCUT2D eigenvalue weighted by Crippen LogP contribution is 2.41. The number of hydrogen-bond acceptors (Lipinski definition) is 2. The van der Waals surface area contributed by atoms with Gasteiger partial charge in [-0.05, 0) is 59.7 Å². The second-order valence-electron chi connectivity index (χ2n) is 7.57. The second-order valence-corrected chi connectivity index (χ2v) is 8.68. The molecule has 2 aromatic heterocycles. The largest absolute Gasteiger partial charge is 0.256 e. The number of rotatable bonds is 1. The van der Waals surface area contributed by atoms with E-state index in [2.05, 4.69) is 56.1 Å². The minimum atomic E-state index is 0.153. The SMILES string of the molecule is CC(C)(C)c1ccnc(-c2cccc3c4c(sc23)CCCC4)c1. The van der Waals surface area contributed by atoms with Crippen LogP contribution in [0.2, 0.25) is 0 Å². The molecule has 1 aromatic carbocycles. The van der Waals surface area contributed by atoms with Crippen LogP contribution >= 0.6 is 11.3 Å². The topological polar surface area (TPSA) is 12.9 Å². The first kappa shape index (κ1) is 14.9. The minimum Gasteiger partial charge on any atom is -0.256 e. The smallest absolute Gasteiger partial charge is 0.0719 e. The van der Waals surface area contributed by atoms with Crippen LogP contribution in [0.3, 0.4) is 0 Å². The van der Waals surface area contributed by atoms with Gasteiger partial charge in [0.2, 0.25) is 0 Å². The van der Waals surface area contributed by atoms with Crippen LogP contribution in [0.4, 0.5) is 0 Å². The summed E-state index contributed by atoms with van der Waals surface area (Å²) in [5.74, 6) is 0. The fourth-order valence-corrected chi connectivity index (χ4v) is 4.94. The van der Waals surface area contributed by atoms with E-state index < -0.39 is 0 Å². The lowest BCUT2D eigenvalue weighted by Crippen LogP contribution is -2.11. The standard InChI is InChI=1S/C21H23NS/c1-21(2,3)14-11-12-22-18(13-14)17-9-6-8-16-15-7-4-5-10-19(15)23-20(16)17/h6,8-9,11-13H,4-5,7,10H2,1-3H3.